The molecule has 0 bridgehead atoms. The molecule has 8 atom stereocenters. The van der Waals surface area contributed by atoms with E-state index >= 15 is 0 Å². The number of aliphatic hydroxyl groups excluding tert-OH is 2. The molecule has 132 valence electrons. The van der Waals surface area contributed by atoms with E-state index < -0.39 is 11.7 Å². The first-order valence-electron chi connectivity index (χ1n) is 9.53. The van der Waals surface area contributed by atoms with Crippen molar-refractivity contribution in [2.24, 2.45) is 28.6 Å². The Bertz CT molecular complexity index is 619. The lowest BCUT2D eigenvalue weighted by Crippen LogP contribution is -2.57. The van der Waals surface area contributed by atoms with Gasteiger partial charge in [-0.1, -0.05) is 31.4 Å². The second kappa shape index (κ2) is 5.10. The van der Waals surface area contributed by atoms with Crippen molar-refractivity contribution in [3.05, 3.63) is 11.6 Å². The van der Waals surface area contributed by atoms with Crippen LogP contribution in [0.4, 0.5) is 0 Å². The molecule has 0 spiro atoms. The van der Waals surface area contributed by atoms with Crippen LogP contribution in [-0.4, -0.2) is 33.1 Å². The second-order valence-electron chi connectivity index (χ2n) is 9.29. The minimum absolute atomic E-state index is 0.0846. The van der Waals surface area contributed by atoms with Crippen LogP contribution in [0.3, 0.4) is 0 Å². The first-order chi connectivity index (χ1) is 11.2. The number of rotatable bonds is 0. The average molecular weight is 330 g/mol. The van der Waals surface area contributed by atoms with E-state index in [9.17, 15) is 15.3 Å². The molecule has 4 aliphatic rings. The van der Waals surface area contributed by atoms with Gasteiger partial charge in [-0.25, -0.2) is 0 Å². The van der Waals surface area contributed by atoms with Crippen LogP contribution >= 0.6 is 0 Å². The molecule has 0 unspecified atom stereocenters. The van der Waals surface area contributed by atoms with Gasteiger partial charge < -0.3 is 15.3 Å². The molecule has 3 fully saturated rings. The van der Waals surface area contributed by atoms with Crippen molar-refractivity contribution < 1.29 is 15.3 Å². The monoisotopic (exact) mass is 330 g/mol. The lowest BCUT2D eigenvalue weighted by atomic mass is 9.46. The SMILES string of the molecule is C#C[C@]1(O)CC[C@H]2[C@@H]3[C@H](O)C=C4C[C@@H](O)CC[C@]4(C)[C@H]3CC[C@@]21C. The molecule has 0 radical (unpaired) electrons. The maximum atomic E-state index is 11.0. The molecule has 24 heavy (non-hydrogen) atoms. The van der Waals surface area contributed by atoms with E-state index in [0.717, 1.165) is 32.1 Å². The Hall–Kier alpha value is -0.820. The van der Waals surface area contributed by atoms with E-state index in [1.54, 1.807) is 0 Å². The van der Waals surface area contributed by atoms with Gasteiger partial charge >= 0.3 is 0 Å². The molecule has 3 nitrogen and oxygen atoms in total. The van der Waals surface area contributed by atoms with E-state index in [0.29, 0.717) is 18.8 Å². The summed E-state index contributed by atoms with van der Waals surface area (Å²) in [5.41, 5.74) is 0.0145. The van der Waals surface area contributed by atoms with Crippen LogP contribution in [-0.2, 0) is 0 Å². The van der Waals surface area contributed by atoms with Gasteiger partial charge in [0.25, 0.3) is 0 Å². The summed E-state index contributed by atoms with van der Waals surface area (Å²) in [7, 11) is 0. The Balaban J connectivity index is 1.75. The van der Waals surface area contributed by atoms with E-state index in [-0.39, 0.29) is 28.8 Å². The Morgan fingerprint density at radius 3 is 2.50 bits per heavy atom. The molecule has 3 heteroatoms. The summed E-state index contributed by atoms with van der Waals surface area (Å²) in [6.45, 7) is 4.47. The lowest BCUT2D eigenvalue weighted by molar-refractivity contribution is -0.123. The zero-order chi connectivity index (χ0) is 17.3. The fourth-order valence-corrected chi connectivity index (χ4v) is 6.88. The molecule has 0 amide bonds. The molecule has 0 aromatic carbocycles. The molecule has 0 heterocycles. The summed E-state index contributed by atoms with van der Waals surface area (Å²) in [6, 6.07) is 0. The Kier molecular flexibility index (Phi) is 3.53. The highest BCUT2D eigenvalue weighted by molar-refractivity contribution is 5.30. The maximum Gasteiger partial charge on any atom is 0.130 e. The molecule has 0 aromatic heterocycles. The van der Waals surface area contributed by atoms with Crippen molar-refractivity contribution in [2.75, 3.05) is 0 Å². The summed E-state index contributed by atoms with van der Waals surface area (Å²) in [5.74, 6) is 3.56. The van der Waals surface area contributed by atoms with E-state index in [4.69, 9.17) is 6.42 Å². The number of fused-ring (bicyclic) bond motifs is 5. The van der Waals surface area contributed by atoms with Gasteiger partial charge in [-0.2, -0.15) is 0 Å². The van der Waals surface area contributed by atoms with Crippen molar-refractivity contribution in [1.29, 1.82) is 0 Å². The molecule has 0 saturated heterocycles. The predicted molar refractivity (Wildman–Crippen MR) is 92.9 cm³/mol. The van der Waals surface area contributed by atoms with Gasteiger partial charge in [0, 0.05) is 5.41 Å². The predicted octanol–water partition coefficient (Wildman–Crippen LogP) is 2.65. The van der Waals surface area contributed by atoms with Crippen molar-refractivity contribution in [2.45, 2.75) is 76.6 Å². The average Bonchev–Trinajstić information content (AvgIpc) is 2.82. The normalized spacial score (nSPS) is 56.5. The highest BCUT2D eigenvalue weighted by Gasteiger charge is 2.64. The highest BCUT2D eigenvalue weighted by atomic mass is 16.3. The number of aliphatic hydroxyl groups is 3. The Morgan fingerprint density at radius 2 is 1.79 bits per heavy atom. The van der Waals surface area contributed by atoms with Crippen molar-refractivity contribution >= 4 is 0 Å². The van der Waals surface area contributed by atoms with E-state index in [1.807, 2.05) is 6.08 Å². The quantitative estimate of drug-likeness (QED) is 0.473. The largest absolute Gasteiger partial charge is 0.393 e. The molecular formula is C21H30O3. The summed E-state index contributed by atoms with van der Waals surface area (Å²) in [6.07, 6.45) is 13.0. The number of hydrogen-bond acceptors (Lipinski definition) is 3. The van der Waals surface area contributed by atoms with Crippen molar-refractivity contribution in [1.82, 2.24) is 0 Å². The van der Waals surface area contributed by atoms with Crippen molar-refractivity contribution in [3.63, 3.8) is 0 Å². The molecule has 4 rings (SSSR count). The van der Waals surface area contributed by atoms with Gasteiger partial charge in [-0.05, 0) is 68.1 Å². The first kappa shape index (κ1) is 16.6. The minimum atomic E-state index is -1.03. The fourth-order valence-electron chi connectivity index (χ4n) is 6.88. The van der Waals surface area contributed by atoms with Gasteiger partial charge in [0.05, 0.1) is 12.2 Å². The molecule has 3 N–H and O–H groups in total. The Labute approximate surface area is 145 Å². The van der Waals surface area contributed by atoms with Crippen LogP contribution < -0.4 is 0 Å². The summed E-state index contributed by atoms with van der Waals surface area (Å²) in [5, 5.41) is 32.0. The third-order valence-electron chi connectivity index (χ3n) is 8.49. The third kappa shape index (κ3) is 1.91. The lowest BCUT2D eigenvalue weighted by Gasteiger charge is -2.59. The summed E-state index contributed by atoms with van der Waals surface area (Å²) in [4.78, 5) is 0. The van der Waals surface area contributed by atoms with Crippen LogP contribution in [0.1, 0.15) is 58.8 Å². The molecule has 0 aliphatic heterocycles. The van der Waals surface area contributed by atoms with Crippen LogP contribution in [0.5, 0.6) is 0 Å². The number of hydrogen-bond donors (Lipinski definition) is 3. The third-order valence-corrected chi connectivity index (χ3v) is 8.49. The fraction of sp³-hybridized carbons (Fsp3) is 0.810. The number of terminal acetylenes is 1. The van der Waals surface area contributed by atoms with E-state index in [2.05, 4.69) is 19.8 Å². The Morgan fingerprint density at radius 1 is 1.08 bits per heavy atom. The molecule has 3 saturated carbocycles. The molecule has 0 aromatic rings. The van der Waals surface area contributed by atoms with Gasteiger partial charge in [0.2, 0.25) is 0 Å². The summed E-state index contributed by atoms with van der Waals surface area (Å²) < 4.78 is 0. The minimum Gasteiger partial charge on any atom is -0.393 e. The van der Waals surface area contributed by atoms with E-state index in [1.165, 1.54) is 5.57 Å². The molecule has 4 aliphatic carbocycles. The molecular weight excluding hydrogens is 300 g/mol. The summed E-state index contributed by atoms with van der Waals surface area (Å²) >= 11 is 0. The standard InChI is InChI=1S/C21H30O3/c1-4-21(24)10-7-16-18-15(6-9-20(16,21)3)19(2)8-5-14(22)11-13(19)12-17(18)23/h1,12,14-18,22-24H,5-11H2,2-3H3/t14-,15-,16-,17+,18+,19-,20-,21-/m0/s1. The first-order valence-corrected chi connectivity index (χ1v) is 9.53. The smallest absolute Gasteiger partial charge is 0.130 e. The zero-order valence-corrected chi connectivity index (χ0v) is 14.8. The second-order valence-corrected chi connectivity index (χ2v) is 9.29. The topological polar surface area (TPSA) is 60.7 Å². The van der Waals surface area contributed by atoms with Crippen LogP contribution in [0.25, 0.3) is 0 Å². The highest BCUT2D eigenvalue weighted by Crippen LogP contribution is 2.66. The van der Waals surface area contributed by atoms with Gasteiger partial charge in [0.15, 0.2) is 0 Å². The van der Waals surface area contributed by atoms with Gasteiger partial charge in [-0.3, -0.25) is 0 Å². The van der Waals surface area contributed by atoms with Crippen LogP contribution in [0.15, 0.2) is 11.6 Å². The van der Waals surface area contributed by atoms with Crippen LogP contribution in [0.2, 0.25) is 0 Å². The zero-order valence-electron chi connectivity index (χ0n) is 14.8. The van der Waals surface area contributed by atoms with Crippen molar-refractivity contribution in [3.8, 4) is 12.3 Å². The van der Waals surface area contributed by atoms with Gasteiger partial charge in [0.1, 0.15) is 5.60 Å². The maximum absolute atomic E-state index is 11.0. The van der Waals surface area contributed by atoms with Gasteiger partial charge in [-0.15, -0.1) is 6.42 Å². The van der Waals surface area contributed by atoms with Crippen LogP contribution in [0, 0.1) is 40.9 Å².